The van der Waals surface area contributed by atoms with Gasteiger partial charge in [-0.05, 0) is 37.1 Å². The number of thioether (sulfide) groups is 1. The minimum atomic E-state index is -0.492. The fourth-order valence-corrected chi connectivity index (χ4v) is 3.22. The zero-order valence-corrected chi connectivity index (χ0v) is 16.3. The molecule has 146 valence electrons. The molecule has 0 saturated carbocycles. The Morgan fingerprint density at radius 1 is 1.18 bits per heavy atom. The van der Waals surface area contributed by atoms with E-state index in [4.69, 9.17) is 10.6 Å². The first-order valence-electron chi connectivity index (χ1n) is 8.51. The number of para-hydroxylation sites is 2. The van der Waals surface area contributed by atoms with Gasteiger partial charge in [-0.3, -0.25) is 4.79 Å². The Morgan fingerprint density at radius 2 is 1.89 bits per heavy atom. The molecule has 0 bridgehead atoms. The molecular weight excluding hydrogens is 381 g/mol. The number of carbonyl (C=O) groups is 1. The van der Waals surface area contributed by atoms with E-state index in [0.29, 0.717) is 11.0 Å². The van der Waals surface area contributed by atoms with Crippen molar-refractivity contribution in [3.63, 3.8) is 0 Å². The molecular formula is C19H20FN5O2S. The Labute approximate surface area is 166 Å². The van der Waals surface area contributed by atoms with E-state index in [2.05, 4.69) is 15.5 Å². The molecule has 0 fully saturated rings. The first kappa shape index (κ1) is 19.7. The van der Waals surface area contributed by atoms with E-state index in [1.54, 1.807) is 12.1 Å². The summed E-state index contributed by atoms with van der Waals surface area (Å²) in [6, 6.07) is 11.9. The number of nitrogens with zero attached hydrogens (tertiary/aromatic N) is 3. The Kier molecular flexibility index (Phi) is 6.15. The van der Waals surface area contributed by atoms with Crippen molar-refractivity contribution in [2.75, 3.05) is 16.9 Å². The number of benzene rings is 2. The van der Waals surface area contributed by atoms with Crippen LogP contribution in [0.25, 0.3) is 0 Å². The number of amides is 1. The lowest BCUT2D eigenvalue weighted by Crippen LogP contribution is -2.18. The SMILES string of the molecule is Cc1cccc(C)c1OCc1nnc(SCC(=O)Nc2ccccc2F)n1N. The van der Waals surface area contributed by atoms with Gasteiger partial charge in [-0.2, -0.15) is 0 Å². The number of halogens is 1. The van der Waals surface area contributed by atoms with Gasteiger partial charge in [-0.1, -0.05) is 42.1 Å². The van der Waals surface area contributed by atoms with Crippen LogP contribution < -0.4 is 15.9 Å². The standard InChI is InChI=1S/C19H20FN5O2S/c1-12-6-5-7-13(2)18(12)27-10-16-23-24-19(25(16)21)28-11-17(26)22-15-9-4-3-8-14(15)20/h3-9H,10-11,21H2,1-2H3,(H,22,26). The zero-order chi connectivity index (χ0) is 20.1. The zero-order valence-electron chi connectivity index (χ0n) is 15.5. The summed E-state index contributed by atoms with van der Waals surface area (Å²) >= 11 is 1.10. The molecule has 0 unspecified atom stereocenters. The number of ether oxygens (including phenoxy) is 1. The lowest BCUT2D eigenvalue weighted by Gasteiger charge is -2.11. The molecule has 28 heavy (non-hydrogen) atoms. The quantitative estimate of drug-likeness (QED) is 0.467. The Bertz CT molecular complexity index is 972. The molecule has 0 radical (unpaired) electrons. The second-order valence-corrected chi connectivity index (χ2v) is 7.04. The largest absolute Gasteiger partial charge is 0.485 e. The van der Waals surface area contributed by atoms with Crippen molar-refractivity contribution < 1.29 is 13.9 Å². The van der Waals surface area contributed by atoms with Crippen LogP contribution in [0, 0.1) is 19.7 Å². The molecule has 0 aliphatic carbocycles. The Hall–Kier alpha value is -3.07. The van der Waals surface area contributed by atoms with Gasteiger partial charge in [0.25, 0.3) is 0 Å². The summed E-state index contributed by atoms with van der Waals surface area (Å²) < 4.78 is 20.7. The highest BCUT2D eigenvalue weighted by Crippen LogP contribution is 2.23. The summed E-state index contributed by atoms with van der Waals surface area (Å²) in [6.07, 6.45) is 0. The first-order chi connectivity index (χ1) is 13.5. The van der Waals surface area contributed by atoms with Crippen LogP contribution in [-0.2, 0) is 11.4 Å². The third kappa shape index (κ3) is 4.61. The second kappa shape index (κ2) is 8.75. The third-order valence-corrected chi connectivity index (χ3v) is 4.91. The van der Waals surface area contributed by atoms with Crippen molar-refractivity contribution >= 4 is 23.4 Å². The van der Waals surface area contributed by atoms with Crippen molar-refractivity contribution in [2.24, 2.45) is 0 Å². The van der Waals surface area contributed by atoms with Crippen molar-refractivity contribution in [3.05, 3.63) is 65.2 Å². The van der Waals surface area contributed by atoms with Crippen LogP contribution in [0.15, 0.2) is 47.6 Å². The van der Waals surface area contributed by atoms with E-state index in [-0.39, 0.29) is 24.0 Å². The van der Waals surface area contributed by atoms with Crippen molar-refractivity contribution in [3.8, 4) is 5.75 Å². The summed E-state index contributed by atoms with van der Waals surface area (Å²) in [5.41, 5.74) is 2.16. The molecule has 3 rings (SSSR count). The highest BCUT2D eigenvalue weighted by Gasteiger charge is 2.14. The number of rotatable bonds is 7. The maximum atomic E-state index is 13.6. The highest BCUT2D eigenvalue weighted by atomic mass is 32.2. The van der Waals surface area contributed by atoms with E-state index < -0.39 is 5.82 Å². The molecule has 0 spiro atoms. The van der Waals surface area contributed by atoms with Crippen LogP contribution in [0.2, 0.25) is 0 Å². The first-order valence-corrected chi connectivity index (χ1v) is 9.50. The number of hydrogen-bond donors (Lipinski definition) is 2. The molecule has 0 aliphatic rings. The Morgan fingerprint density at radius 3 is 2.61 bits per heavy atom. The number of nitrogens with two attached hydrogens (primary N) is 1. The second-order valence-electron chi connectivity index (χ2n) is 6.10. The number of anilines is 1. The van der Waals surface area contributed by atoms with E-state index >= 15 is 0 Å². The van der Waals surface area contributed by atoms with Gasteiger partial charge in [0, 0.05) is 0 Å². The smallest absolute Gasteiger partial charge is 0.234 e. The third-order valence-electron chi connectivity index (χ3n) is 3.97. The number of aromatic nitrogens is 3. The minimum Gasteiger partial charge on any atom is -0.485 e. The van der Waals surface area contributed by atoms with Gasteiger partial charge < -0.3 is 15.9 Å². The van der Waals surface area contributed by atoms with Crippen molar-refractivity contribution in [2.45, 2.75) is 25.6 Å². The lowest BCUT2D eigenvalue weighted by molar-refractivity contribution is -0.113. The molecule has 0 aliphatic heterocycles. The fraction of sp³-hybridized carbons (Fsp3) is 0.211. The average molecular weight is 401 g/mol. The van der Waals surface area contributed by atoms with Crippen LogP contribution in [-0.4, -0.2) is 26.5 Å². The lowest BCUT2D eigenvalue weighted by atomic mass is 10.1. The van der Waals surface area contributed by atoms with Crippen LogP contribution in [0.3, 0.4) is 0 Å². The molecule has 3 N–H and O–H groups in total. The van der Waals surface area contributed by atoms with Crippen LogP contribution in [0.5, 0.6) is 5.75 Å². The molecule has 1 amide bonds. The average Bonchev–Trinajstić information content (AvgIpc) is 3.01. The summed E-state index contributed by atoms with van der Waals surface area (Å²) in [5.74, 6) is 6.37. The number of nitrogens with one attached hydrogen (secondary N) is 1. The fourth-order valence-electron chi connectivity index (χ4n) is 2.55. The predicted octanol–water partition coefficient (Wildman–Crippen LogP) is 3.06. The topological polar surface area (TPSA) is 95.1 Å². The minimum absolute atomic E-state index is 0.0153. The number of hydrogen-bond acceptors (Lipinski definition) is 6. The summed E-state index contributed by atoms with van der Waals surface area (Å²) in [4.78, 5) is 12.0. The van der Waals surface area contributed by atoms with Gasteiger partial charge in [0.1, 0.15) is 18.2 Å². The molecule has 0 saturated heterocycles. The molecule has 7 nitrogen and oxygen atoms in total. The van der Waals surface area contributed by atoms with E-state index in [0.717, 1.165) is 28.6 Å². The number of nitrogen functional groups attached to an aromatic ring is 1. The van der Waals surface area contributed by atoms with Gasteiger partial charge in [0.15, 0.2) is 5.82 Å². The molecule has 9 heteroatoms. The van der Waals surface area contributed by atoms with Gasteiger partial charge in [0.2, 0.25) is 11.1 Å². The van der Waals surface area contributed by atoms with Crippen LogP contribution in [0.4, 0.5) is 10.1 Å². The number of aryl methyl sites for hydroxylation is 2. The maximum absolute atomic E-state index is 13.6. The van der Waals surface area contributed by atoms with E-state index in [1.807, 2.05) is 32.0 Å². The van der Waals surface area contributed by atoms with E-state index in [1.165, 1.54) is 16.8 Å². The molecule has 2 aromatic carbocycles. The Balaban J connectivity index is 1.57. The van der Waals surface area contributed by atoms with E-state index in [9.17, 15) is 9.18 Å². The summed E-state index contributed by atoms with van der Waals surface area (Å²) in [6.45, 7) is 4.08. The number of carbonyl (C=O) groups excluding carboxylic acids is 1. The summed E-state index contributed by atoms with van der Waals surface area (Å²) in [5, 5.41) is 10.9. The van der Waals surface area contributed by atoms with Gasteiger partial charge in [-0.15, -0.1) is 10.2 Å². The van der Waals surface area contributed by atoms with Crippen LogP contribution in [0.1, 0.15) is 17.0 Å². The van der Waals surface area contributed by atoms with Gasteiger partial charge >= 0.3 is 0 Å². The molecule has 1 heterocycles. The molecule has 3 aromatic rings. The predicted molar refractivity (Wildman–Crippen MR) is 106 cm³/mol. The summed E-state index contributed by atoms with van der Waals surface area (Å²) in [7, 11) is 0. The van der Waals surface area contributed by atoms with Gasteiger partial charge in [-0.25, -0.2) is 9.07 Å². The van der Waals surface area contributed by atoms with Crippen molar-refractivity contribution in [1.82, 2.24) is 14.9 Å². The van der Waals surface area contributed by atoms with Crippen LogP contribution >= 0.6 is 11.8 Å². The highest BCUT2D eigenvalue weighted by molar-refractivity contribution is 7.99. The maximum Gasteiger partial charge on any atom is 0.234 e. The van der Waals surface area contributed by atoms with Gasteiger partial charge in [0.05, 0.1) is 11.4 Å². The monoisotopic (exact) mass is 401 g/mol. The molecule has 0 atom stereocenters. The molecule has 1 aromatic heterocycles. The normalized spacial score (nSPS) is 10.7. The van der Waals surface area contributed by atoms with Crippen molar-refractivity contribution in [1.29, 1.82) is 0 Å².